The summed E-state index contributed by atoms with van der Waals surface area (Å²) in [5, 5.41) is 12.3. The van der Waals surface area contributed by atoms with E-state index in [4.69, 9.17) is 28.3 Å². The molecule has 0 aliphatic heterocycles. The molecule has 2 atom stereocenters. The van der Waals surface area contributed by atoms with E-state index < -0.39 is 17.9 Å². The second-order valence-electron chi connectivity index (χ2n) is 4.41. The molecule has 1 rings (SSSR count). The Morgan fingerprint density at radius 2 is 1.89 bits per heavy atom. The molecule has 0 fully saturated rings. The molecule has 1 aromatic carbocycles. The SMILES string of the molecule is CC(NC(=O)Cc1ccc(Cl)c(Cl)c1)C(C)C(=O)O. The lowest BCUT2D eigenvalue weighted by molar-refractivity contribution is -0.142. The molecule has 2 N–H and O–H groups in total. The van der Waals surface area contributed by atoms with E-state index in [2.05, 4.69) is 5.32 Å². The number of rotatable bonds is 5. The fourth-order valence-electron chi connectivity index (χ4n) is 1.48. The van der Waals surface area contributed by atoms with Crippen LogP contribution < -0.4 is 5.32 Å². The van der Waals surface area contributed by atoms with Gasteiger partial charge in [-0.05, 0) is 31.5 Å². The number of carboxylic acid groups (broad SMARTS) is 1. The molecule has 0 spiro atoms. The minimum absolute atomic E-state index is 0.133. The zero-order valence-corrected chi connectivity index (χ0v) is 12.1. The fourth-order valence-corrected chi connectivity index (χ4v) is 1.80. The van der Waals surface area contributed by atoms with Gasteiger partial charge in [-0.1, -0.05) is 29.3 Å². The molecule has 0 saturated carbocycles. The van der Waals surface area contributed by atoms with Gasteiger partial charge in [0.2, 0.25) is 5.91 Å². The highest BCUT2D eigenvalue weighted by atomic mass is 35.5. The summed E-state index contributed by atoms with van der Waals surface area (Å²) in [4.78, 5) is 22.5. The number of hydrogen-bond donors (Lipinski definition) is 2. The Hall–Kier alpha value is -1.26. The predicted octanol–water partition coefficient (Wildman–Crippen LogP) is 2.76. The van der Waals surface area contributed by atoms with Crippen LogP contribution in [0.15, 0.2) is 18.2 Å². The van der Waals surface area contributed by atoms with Crippen molar-refractivity contribution >= 4 is 35.1 Å². The van der Waals surface area contributed by atoms with E-state index in [1.807, 2.05) is 0 Å². The maximum Gasteiger partial charge on any atom is 0.308 e. The highest BCUT2D eigenvalue weighted by molar-refractivity contribution is 6.42. The smallest absolute Gasteiger partial charge is 0.308 e. The van der Waals surface area contributed by atoms with Crippen LogP contribution in [-0.2, 0) is 16.0 Å². The molecule has 1 aromatic rings. The molecule has 0 aromatic heterocycles. The third-order valence-corrected chi connectivity index (χ3v) is 3.62. The maximum atomic E-state index is 11.8. The summed E-state index contributed by atoms with van der Waals surface area (Å²) in [6, 6.07) is 4.51. The van der Waals surface area contributed by atoms with Crippen LogP contribution in [0.4, 0.5) is 0 Å². The Balaban J connectivity index is 2.60. The van der Waals surface area contributed by atoms with Gasteiger partial charge in [0.05, 0.1) is 22.4 Å². The van der Waals surface area contributed by atoms with Gasteiger partial charge in [0.25, 0.3) is 0 Å². The van der Waals surface area contributed by atoms with Crippen molar-refractivity contribution in [3.63, 3.8) is 0 Å². The summed E-state index contributed by atoms with van der Waals surface area (Å²) in [5.41, 5.74) is 0.724. The molecule has 0 aliphatic rings. The predicted molar refractivity (Wildman–Crippen MR) is 74.6 cm³/mol. The third-order valence-electron chi connectivity index (χ3n) is 2.88. The zero-order valence-electron chi connectivity index (χ0n) is 10.6. The van der Waals surface area contributed by atoms with Crippen molar-refractivity contribution in [1.82, 2.24) is 5.32 Å². The average Bonchev–Trinajstić information content (AvgIpc) is 2.32. The Morgan fingerprint density at radius 1 is 1.26 bits per heavy atom. The first-order valence-electron chi connectivity index (χ1n) is 5.77. The van der Waals surface area contributed by atoms with Gasteiger partial charge < -0.3 is 10.4 Å². The maximum absolute atomic E-state index is 11.8. The first kappa shape index (κ1) is 15.8. The topological polar surface area (TPSA) is 66.4 Å². The minimum atomic E-state index is -0.942. The number of carboxylic acids is 1. The van der Waals surface area contributed by atoms with Crippen molar-refractivity contribution in [3.8, 4) is 0 Å². The van der Waals surface area contributed by atoms with E-state index in [0.29, 0.717) is 10.0 Å². The minimum Gasteiger partial charge on any atom is -0.481 e. The molecular formula is C13H15Cl2NO3. The summed E-state index contributed by atoms with van der Waals surface area (Å²) in [7, 11) is 0. The van der Waals surface area contributed by atoms with Crippen LogP contribution in [0.5, 0.6) is 0 Å². The van der Waals surface area contributed by atoms with Crippen LogP contribution >= 0.6 is 23.2 Å². The van der Waals surface area contributed by atoms with Crippen molar-refractivity contribution < 1.29 is 14.7 Å². The molecule has 104 valence electrons. The van der Waals surface area contributed by atoms with Gasteiger partial charge in [0, 0.05) is 6.04 Å². The summed E-state index contributed by atoms with van der Waals surface area (Å²) >= 11 is 11.6. The fraction of sp³-hybridized carbons (Fsp3) is 0.385. The Bertz CT molecular complexity index is 491. The number of carbonyl (C=O) groups excluding carboxylic acids is 1. The summed E-state index contributed by atoms with van der Waals surface area (Å²) in [6.45, 7) is 3.21. The van der Waals surface area contributed by atoms with Gasteiger partial charge in [-0.15, -0.1) is 0 Å². The second kappa shape index (κ2) is 6.78. The summed E-state index contributed by atoms with van der Waals surface area (Å²) < 4.78 is 0. The normalized spacial score (nSPS) is 13.7. The van der Waals surface area contributed by atoms with E-state index in [0.717, 1.165) is 5.56 Å². The molecule has 19 heavy (non-hydrogen) atoms. The number of amides is 1. The van der Waals surface area contributed by atoms with Gasteiger partial charge in [-0.2, -0.15) is 0 Å². The van der Waals surface area contributed by atoms with E-state index in [-0.39, 0.29) is 12.3 Å². The van der Waals surface area contributed by atoms with Crippen molar-refractivity contribution in [2.24, 2.45) is 5.92 Å². The standard InChI is InChI=1S/C13H15Cl2NO3/c1-7(13(18)19)8(2)16-12(17)6-9-3-4-10(14)11(15)5-9/h3-5,7-8H,6H2,1-2H3,(H,16,17)(H,18,19). The molecule has 2 unspecified atom stereocenters. The van der Waals surface area contributed by atoms with Crippen LogP contribution in [0, 0.1) is 5.92 Å². The van der Waals surface area contributed by atoms with Crippen molar-refractivity contribution in [2.75, 3.05) is 0 Å². The molecule has 6 heteroatoms. The third kappa shape index (κ3) is 4.73. The quantitative estimate of drug-likeness (QED) is 0.879. The molecular weight excluding hydrogens is 289 g/mol. The lowest BCUT2D eigenvalue weighted by Gasteiger charge is -2.17. The molecule has 0 saturated heterocycles. The first-order chi connectivity index (χ1) is 8.81. The van der Waals surface area contributed by atoms with Gasteiger partial charge in [-0.3, -0.25) is 9.59 Å². The zero-order chi connectivity index (χ0) is 14.6. The van der Waals surface area contributed by atoms with Crippen LogP contribution in [-0.4, -0.2) is 23.0 Å². The second-order valence-corrected chi connectivity index (χ2v) is 5.22. The average molecular weight is 304 g/mol. The van der Waals surface area contributed by atoms with Gasteiger partial charge in [0.15, 0.2) is 0 Å². The Kier molecular flexibility index (Phi) is 5.63. The van der Waals surface area contributed by atoms with Crippen LogP contribution in [0.2, 0.25) is 10.0 Å². The van der Waals surface area contributed by atoms with Crippen LogP contribution in [0.3, 0.4) is 0 Å². The van der Waals surface area contributed by atoms with Crippen LogP contribution in [0.25, 0.3) is 0 Å². The highest BCUT2D eigenvalue weighted by Gasteiger charge is 2.20. The van der Waals surface area contributed by atoms with Gasteiger partial charge in [0.1, 0.15) is 0 Å². The van der Waals surface area contributed by atoms with Gasteiger partial charge in [-0.25, -0.2) is 0 Å². The first-order valence-corrected chi connectivity index (χ1v) is 6.53. The molecule has 4 nitrogen and oxygen atoms in total. The largest absolute Gasteiger partial charge is 0.481 e. The van der Waals surface area contributed by atoms with Crippen LogP contribution in [0.1, 0.15) is 19.4 Å². The Labute approximate surface area is 121 Å². The van der Waals surface area contributed by atoms with E-state index >= 15 is 0 Å². The van der Waals surface area contributed by atoms with Gasteiger partial charge >= 0.3 is 5.97 Å². The monoisotopic (exact) mass is 303 g/mol. The number of aliphatic carboxylic acids is 1. The number of halogens is 2. The van der Waals surface area contributed by atoms with Crippen molar-refractivity contribution in [2.45, 2.75) is 26.3 Å². The molecule has 0 radical (unpaired) electrons. The van der Waals surface area contributed by atoms with Crippen molar-refractivity contribution in [3.05, 3.63) is 33.8 Å². The lowest BCUT2D eigenvalue weighted by atomic mass is 10.0. The number of nitrogens with one attached hydrogen (secondary N) is 1. The number of carbonyl (C=O) groups is 2. The molecule has 1 amide bonds. The molecule has 0 heterocycles. The number of benzene rings is 1. The highest BCUT2D eigenvalue weighted by Crippen LogP contribution is 2.22. The summed E-state index contributed by atoms with van der Waals surface area (Å²) in [5.74, 6) is -1.83. The van der Waals surface area contributed by atoms with E-state index in [1.54, 1.807) is 32.0 Å². The lowest BCUT2D eigenvalue weighted by Crippen LogP contribution is -2.40. The Morgan fingerprint density at radius 3 is 2.42 bits per heavy atom. The van der Waals surface area contributed by atoms with E-state index in [1.165, 1.54) is 0 Å². The molecule has 0 bridgehead atoms. The number of hydrogen-bond acceptors (Lipinski definition) is 2. The van der Waals surface area contributed by atoms with E-state index in [9.17, 15) is 9.59 Å². The van der Waals surface area contributed by atoms with Crippen molar-refractivity contribution in [1.29, 1.82) is 0 Å². The summed E-state index contributed by atoms with van der Waals surface area (Å²) in [6.07, 6.45) is 0.133. The molecule has 0 aliphatic carbocycles.